The number of hydrogen-bond donors (Lipinski definition) is 1. The number of carbonyl (C=O) groups is 1. The fourth-order valence-corrected chi connectivity index (χ4v) is 2.40. The van der Waals surface area contributed by atoms with Crippen molar-refractivity contribution in [1.29, 1.82) is 0 Å². The molecule has 21 heavy (non-hydrogen) atoms. The third-order valence-electron chi connectivity index (χ3n) is 3.46. The first kappa shape index (κ1) is 15.8. The van der Waals surface area contributed by atoms with Gasteiger partial charge in [-0.2, -0.15) is 0 Å². The second-order valence-corrected chi connectivity index (χ2v) is 6.57. The number of likely N-dealkylation sites (N-methyl/N-ethyl adjacent to an activating group) is 1. The normalized spacial score (nSPS) is 20.4. The van der Waals surface area contributed by atoms with Gasteiger partial charge in [0, 0.05) is 25.3 Å². The zero-order valence-electron chi connectivity index (χ0n) is 13.3. The van der Waals surface area contributed by atoms with Gasteiger partial charge in [0.05, 0.1) is 11.7 Å². The van der Waals surface area contributed by atoms with E-state index in [0.717, 1.165) is 25.3 Å². The first-order valence-electron chi connectivity index (χ1n) is 7.30. The standard InChI is InChI=1S/C16H25N3O2/c1-16(2,3)21-15(20)12-5-7-13(8-6-12)19-10-9-18(4)11-14(19)17/h5-8,14H,9-11,17H2,1-4H3. The minimum absolute atomic E-state index is 0.0175. The second-order valence-electron chi connectivity index (χ2n) is 6.57. The van der Waals surface area contributed by atoms with E-state index < -0.39 is 5.60 Å². The number of hydrogen-bond acceptors (Lipinski definition) is 5. The highest BCUT2D eigenvalue weighted by molar-refractivity contribution is 5.90. The van der Waals surface area contributed by atoms with Gasteiger partial charge >= 0.3 is 5.97 Å². The Balaban J connectivity index is 2.07. The summed E-state index contributed by atoms with van der Waals surface area (Å²) in [7, 11) is 2.07. The van der Waals surface area contributed by atoms with Gasteiger partial charge in [-0.3, -0.25) is 0 Å². The van der Waals surface area contributed by atoms with Crippen LogP contribution in [-0.2, 0) is 4.74 Å². The number of carbonyl (C=O) groups excluding carboxylic acids is 1. The molecule has 1 fully saturated rings. The zero-order valence-corrected chi connectivity index (χ0v) is 13.3. The van der Waals surface area contributed by atoms with Gasteiger partial charge < -0.3 is 20.3 Å². The third-order valence-corrected chi connectivity index (χ3v) is 3.46. The predicted molar refractivity (Wildman–Crippen MR) is 84.4 cm³/mol. The number of ether oxygens (including phenoxy) is 1. The molecular weight excluding hydrogens is 266 g/mol. The number of esters is 1. The Bertz CT molecular complexity index is 493. The quantitative estimate of drug-likeness (QED) is 0.840. The Labute approximate surface area is 126 Å². The van der Waals surface area contributed by atoms with Gasteiger partial charge in [-0.05, 0) is 52.1 Å². The van der Waals surface area contributed by atoms with Crippen molar-refractivity contribution < 1.29 is 9.53 Å². The highest BCUT2D eigenvalue weighted by Crippen LogP contribution is 2.20. The number of nitrogens with zero attached hydrogens (tertiary/aromatic N) is 2. The molecule has 2 rings (SSSR count). The SMILES string of the molecule is CN1CCN(c2ccc(C(=O)OC(C)(C)C)cc2)C(N)C1. The van der Waals surface area contributed by atoms with Crippen LogP contribution >= 0.6 is 0 Å². The number of benzene rings is 1. The summed E-state index contributed by atoms with van der Waals surface area (Å²) in [4.78, 5) is 16.4. The van der Waals surface area contributed by atoms with E-state index in [9.17, 15) is 4.79 Å². The van der Waals surface area contributed by atoms with E-state index in [-0.39, 0.29) is 12.1 Å². The van der Waals surface area contributed by atoms with Crippen LogP contribution in [-0.4, -0.2) is 49.3 Å². The summed E-state index contributed by atoms with van der Waals surface area (Å²) in [6.45, 7) is 8.31. The van der Waals surface area contributed by atoms with E-state index in [2.05, 4.69) is 16.8 Å². The third kappa shape index (κ3) is 4.19. The van der Waals surface area contributed by atoms with Gasteiger partial charge in [0.1, 0.15) is 5.60 Å². The molecule has 0 aromatic heterocycles. The van der Waals surface area contributed by atoms with Crippen molar-refractivity contribution in [3.63, 3.8) is 0 Å². The second kappa shape index (κ2) is 6.03. The molecule has 5 nitrogen and oxygen atoms in total. The maximum Gasteiger partial charge on any atom is 0.338 e. The fraction of sp³-hybridized carbons (Fsp3) is 0.562. The molecular formula is C16H25N3O2. The number of piperazine rings is 1. The number of anilines is 1. The lowest BCUT2D eigenvalue weighted by Gasteiger charge is -2.39. The highest BCUT2D eigenvalue weighted by atomic mass is 16.6. The Hall–Kier alpha value is -1.59. The lowest BCUT2D eigenvalue weighted by atomic mass is 10.1. The van der Waals surface area contributed by atoms with E-state index >= 15 is 0 Å². The Morgan fingerprint density at radius 1 is 1.24 bits per heavy atom. The van der Waals surface area contributed by atoms with Crippen LogP contribution in [0.2, 0.25) is 0 Å². The van der Waals surface area contributed by atoms with E-state index in [1.165, 1.54) is 0 Å². The summed E-state index contributed by atoms with van der Waals surface area (Å²) in [5.74, 6) is -0.295. The zero-order chi connectivity index (χ0) is 15.6. The monoisotopic (exact) mass is 291 g/mol. The average molecular weight is 291 g/mol. The molecule has 1 aromatic rings. The molecule has 116 valence electrons. The Morgan fingerprint density at radius 2 is 1.86 bits per heavy atom. The highest BCUT2D eigenvalue weighted by Gasteiger charge is 2.23. The van der Waals surface area contributed by atoms with Gasteiger partial charge in [-0.25, -0.2) is 4.79 Å². The Morgan fingerprint density at radius 3 is 2.38 bits per heavy atom. The molecule has 0 aliphatic carbocycles. The fourth-order valence-electron chi connectivity index (χ4n) is 2.40. The van der Waals surface area contributed by atoms with Crippen molar-refractivity contribution in [3.8, 4) is 0 Å². The predicted octanol–water partition coefficient (Wildman–Crippen LogP) is 1.68. The maximum absolute atomic E-state index is 12.0. The van der Waals surface area contributed by atoms with Crippen molar-refractivity contribution in [2.24, 2.45) is 5.73 Å². The maximum atomic E-state index is 12.0. The first-order valence-corrected chi connectivity index (χ1v) is 7.30. The van der Waals surface area contributed by atoms with Crippen LogP contribution in [0.4, 0.5) is 5.69 Å². The minimum atomic E-state index is -0.477. The van der Waals surface area contributed by atoms with Gasteiger partial charge in [-0.15, -0.1) is 0 Å². The van der Waals surface area contributed by atoms with Crippen LogP contribution in [0, 0.1) is 0 Å². The molecule has 1 aromatic carbocycles. The number of nitrogens with two attached hydrogens (primary N) is 1. The van der Waals surface area contributed by atoms with Crippen LogP contribution in [0.1, 0.15) is 31.1 Å². The van der Waals surface area contributed by atoms with Gasteiger partial charge in [-0.1, -0.05) is 0 Å². The summed E-state index contributed by atoms with van der Waals surface area (Å²) in [6.07, 6.45) is -0.0175. The molecule has 5 heteroatoms. The van der Waals surface area contributed by atoms with Crippen molar-refractivity contribution >= 4 is 11.7 Å². The Kier molecular flexibility index (Phi) is 4.54. The van der Waals surface area contributed by atoms with Gasteiger partial charge in [0.2, 0.25) is 0 Å². The average Bonchev–Trinajstić information content (AvgIpc) is 2.37. The van der Waals surface area contributed by atoms with Crippen LogP contribution in [0.3, 0.4) is 0 Å². The summed E-state index contributed by atoms with van der Waals surface area (Å²) >= 11 is 0. The molecule has 1 aliphatic rings. The molecule has 0 saturated carbocycles. The van der Waals surface area contributed by atoms with Gasteiger partial charge in [0.15, 0.2) is 0 Å². The van der Waals surface area contributed by atoms with Crippen LogP contribution < -0.4 is 10.6 Å². The molecule has 0 radical (unpaired) electrons. The first-order chi connectivity index (χ1) is 9.76. The molecule has 1 saturated heterocycles. The molecule has 1 unspecified atom stereocenters. The molecule has 1 atom stereocenters. The molecule has 2 N–H and O–H groups in total. The lowest BCUT2D eigenvalue weighted by molar-refractivity contribution is 0.00696. The van der Waals surface area contributed by atoms with E-state index in [1.54, 1.807) is 12.1 Å². The van der Waals surface area contributed by atoms with E-state index in [4.69, 9.17) is 10.5 Å². The van der Waals surface area contributed by atoms with Crippen LogP contribution in [0.5, 0.6) is 0 Å². The van der Waals surface area contributed by atoms with Crippen molar-refractivity contribution in [2.45, 2.75) is 32.5 Å². The lowest BCUT2D eigenvalue weighted by Crippen LogP contribution is -2.56. The molecule has 1 heterocycles. The largest absolute Gasteiger partial charge is 0.456 e. The summed E-state index contributed by atoms with van der Waals surface area (Å²) in [6, 6.07) is 7.47. The van der Waals surface area contributed by atoms with Gasteiger partial charge in [0.25, 0.3) is 0 Å². The minimum Gasteiger partial charge on any atom is -0.456 e. The van der Waals surface area contributed by atoms with Crippen molar-refractivity contribution in [3.05, 3.63) is 29.8 Å². The summed E-state index contributed by atoms with van der Waals surface area (Å²) in [5, 5.41) is 0. The van der Waals surface area contributed by atoms with Crippen LogP contribution in [0.25, 0.3) is 0 Å². The summed E-state index contributed by atoms with van der Waals surface area (Å²) in [5.41, 5.74) is 7.31. The molecule has 1 aliphatic heterocycles. The van der Waals surface area contributed by atoms with E-state index in [0.29, 0.717) is 5.56 Å². The van der Waals surface area contributed by atoms with Crippen molar-refractivity contribution in [2.75, 3.05) is 31.6 Å². The van der Waals surface area contributed by atoms with Crippen LogP contribution in [0.15, 0.2) is 24.3 Å². The number of rotatable bonds is 2. The topological polar surface area (TPSA) is 58.8 Å². The van der Waals surface area contributed by atoms with Crippen molar-refractivity contribution in [1.82, 2.24) is 4.90 Å². The molecule has 0 bridgehead atoms. The van der Waals surface area contributed by atoms with E-state index in [1.807, 2.05) is 32.9 Å². The molecule has 0 amide bonds. The molecule has 0 spiro atoms. The smallest absolute Gasteiger partial charge is 0.338 e. The summed E-state index contributed by atoms with van der Waals surface area (Å²) < 4.78 is 5.36.